The first kappa shape index (κ1) is 89.4. The Morgan fingerprint density at radius 3 is 1.34 bits per heavy atom. The molecule has 12 aromatic rings. The van der Waals surface area contributed by atoms with Crippen molar-refractivity contribution in [3.05, 3.63) is 188 Å². The Morgan fingerprint density at radius 2 is 0.910 bits per heavy atom. The minimum atomic E-state index is -0.0523. The Bertz CT molecular complexity index is 5320. The smallest absolute Gasteiger partial charge is 0.257 e. The van der Waals surface area contributed by atoms with Crippen LogP contribution in [0.25, 0.3) is 66.1 Å². The van der Waals surface area contributed by atoms with Crippen LogP contribution in [0.1, 0.15) is 188 Å². The Hall–Kier alpha value is -10.4. The molecular weight excluding hydrogens is 1610 g/mol. The molecule has 4 amide bonds. The summed E-state index contributed by atoms with van der Waals surface area (Å²) in [7, 11) is 3.46. The summed E-state index contributed by atoms with van der Waals surface area (Å²) in [5.74, 6) is 2.91. The van der Waals surface area contributed by atoms with Crippen LogP contribution in [0, 0.1) is 6.92 Å². The van der Waals surface area contributed by atoms with Crippen molar-refractivity contribution < 1.29 is 23.9 Å². The second kappa shape index (κ2) is 43.1. The maximum absolute atomic E-state index is 13.4. The number of amides is 4. The minimum absolute atomic E-state index is 0.0217. The molecule has 16 rings (SSSR count). The van der Waals surface area contributed by atoms with Crippen LogP contribution in [0.3, 0.4) is 0 Å². The van der Waals surface area contributed by atoms with Gasteiger partial charge in [0, 0.05) is 136 Å². The number of ether oxygens (including phenoxy) is 1. The first-order chi connectivity index (χ1) is 59.5. The number of rotatable bonds is 32. The molecule has 2 saturated heterocycles. The van der Waals surface area contributed by atoms with Gasteiger partial charge in [-0.25, -0.2) is 53.9 Å². The first-order valence-corrected chi connectivity index (χ1v) is 46.3. The van der Waals surface area contributed by atoms with Gasteiger partial charge in [-0.1, -0.05) is 86.1 Å². The van der Waals surface area contributed by atoms with Crippen molar-refractivity contribution in [3.63, 3.8) is 0 Å². The highest BCUT2D eigenvalue weighted by atomic mass is 32.1. The normalized spacial score (nSPS) is 14.4. The Morgan fingerprint density at radius 1 is 0.475 bits per heavy atom. The van der Waals surface area contributed by atoms with E-state index in [9.17, 15) is 19.2 Å². The summed E-state index contributed by atoms with van der Waals surface area (Å²) in [6.45, 7) is 37.8. The third-order valence-electron chi connectivity index (χ3n) is 22.5. The van der Waals surface area contributed by atoms with Crippen LogP contribution in [0.5, 0.6) is 0 Å². The van der Waals surface area contributed by atoms with E-state index in [2.05, 4.69) is 121 Å². The molecule has 644 valence electrons. The molecule has 2 aliphatic heterocycles. The summed E-state index contributed by atoms with van der Waals surface area (Å²) in [5, 5.41) is 26.2. The molecule has 33 heteroatoms. The molecule has 2 aliphatic carbocycles. The van der Waals surface area contributed by atoms with E-state index in [-0.39, 0.29) is 36.2 Å². The highest BCUT2D eigenvalue weighted by Crippen LogP contribution is 2.44. The fourth-order valence-electron chi connectivity index (χ4n) is 15.0. The molecule has 29 nitrogen and oxygen atoms in total. The predicted octanol–water partition coefficient (Wildman–Crippen LogP) is 14.4. The molecule has 12 aromatic heterocycles. The number of aryl methyl sites for hydroxylation is 1. The number of likely N-dealkylation sites (N-methyl/N-ethyl adjacent to an activating group) is 5. The summed E-state index contributed by atoms with van der Waals surface area (Å²) in [4.78, 5) is 111. The molecule has 0 N–H and O–H groups in total. The van der Waals surface area contributed by atoms with E-state index < -0.39 is 0 Å². The number of piperazine rings is 2. The fraction of sp³-hybridized carbons (Fsp3) is 0.461. The first-order valence-electron chi connectivity index (χ1n) is 42.8. The van der Waals surface area contributed by atoms with E-state index in [1.807, 2.05) is 118 Å². The van der Waals surface area contributed by atoms with E-state index in [0.29, 0.717) is 77.6 Å². The molecule has 4 fully saturated rings. The van der Waals surface area contributed by atoms with E-state index in [1.54, 1.807) is 126 Å². The van der Waals surface area contributed by atoms with Gasteiger partial charge in [0.15, 0.2) is 0 Å². The summed E-state index contributed by atoms with van der Waals surface area (Å²) < 4.78 is 12.3. The Balaban J connectivity index is 0.000000140. The molecule has 0 atom stereocenters. The van der Waals surface area contributed by atoms with Crippen molar-refractivity contribution in [1.29, 1.82) is 0 Å². The van der Waals surface area contributed by atoms with Crippen LogP contribution in [-0.4, -0.2) is 280 Å². The molecule has 14 heterocycles. The number of methoxy groups -OCH3 is 1. The third kappa shape index (κ3) is 21.8. The molecule has 4 aliphatic rings. The van der Waals surface area contributed by atoms with Crippen molar-refractivity contribution in [2.75, 3.05) is 139 Å². The number of carbonyl (C=O) groups excluding carboxylic acids is 4. The average Bonchev–Trinajstić information content (AvgIpc) is 1.62. The molecule has 0 bridgehead atoms. The van der Waals surface area contributed by atoms with Crippen LogP contribution >= 0.6 is 45.3 Å². The van der Waals surface area contributed by atoms with Gasteiger partial charge in [0.2, 0.25) is 0 Å². The fourth-order valence-corrected chi connectivity index (χ4v) is 17.9. The third-order valence-corrected chi connectivity index (χ3v) is 26.1. The quantitative estimate of drug-likeness (QED) is 0.0379. The Kier molecular flexibility index (Phi) is 31.6. The lowest BCUT2D eigenvalue weighted by Crippen LogP contribution is -2.48. The van der Waals surface area contributed by atoms with Gasteiger partial charge in [0.25, 0.3) is 47.4 Å². The maximum atomic E-state index is 13.4. The topological polar surface area (TPSA) is 278 Å². The van der Waals surface area contributed by atoms with Gasteiger partial charge in [0.1, 0.15) is 0 Å². The van der Waals surface area contributed by atoms with Crippen molar-refractivity contribution in [3.8, 4) is 66.1 Å². The SMILES string of the molecule is CCCCN1CCN(C(=O)c2cnn(-c3nccc(-c4cccs4)n3)c2C2CC2)CC1.CCN(CC)CCN(C)C(=O)c1cnn(-c2nccc(-c3cccs3)n2)c1C(C)C.CCN(CC)CCN(CC)C(=O)c1cnn(-c2ncc(C)c(-c3cccs3)n2)c1COC.CCN1CCN(C(=O)c2cnn(-c3nccc(-c4cccs4)n3)c2C2CC2)CC1. The van der Waals surface area contributed by atoms with Gasteiger partial charge in [-0.3, -0.25) is 24.1 Å². The highest BCUT2D eigenvalue weighted by molar-refractivity contribution is 7.14. The number of hydrogen-bond donors (Lipinski definition) is 0. The van der Waals surface area contributed by atoms with Crippen molar-refractivity contribution >= 4 is 69.0 Å². The largest absolute Gasteiger partial charge is 0.378 e. The lowest BCUT2D eigenvalue weighted by atomic mass is 10.1. The van der Waals surface area contributed by atoms with Gasteiger partial charge < -0.3 is 39.0 Å². The standard InChI is InChI=1S/C23H32N6O2S.C23H28N6OS.C22H30N6OS.C21H24N6OS/c1-6-27(7-2)11-12-28(8-3)22(30)18-15-25-29(19(18)16-31-5)23-24-14-17(4)21(26-23)20-10-9-13-32-20;1-2-3-10-27-11-13-28(14-12-27)22(30)18-16-25-29(21(18)17-6-7-17)23-24-9-8-19(26-23)20-5-4-15-31-20;1-6-27(7-2)13-12-26(5)21(29)17-15-24-28(20(17)16(3)4)22-23-11-10-18(25-22)19-9-8-14-30-19;1-2-25-9-11-26(12-10-25)20(28)16-14-23-27(19(16)15-5-6-15)21-22-8-7-17(24-21)18-4-3-13-29-18/h9-10,13-15H,6-8,11-12,16H2,1-5H3;4-5,8-9,15-17H,2-3,6-7,10-14H2,1H3;8-11,14-16H,6-7,12-13H2,1-5H3;3-4,7-8,13-15H,2,5-6,9-12H2,1H3. The number of aromatic nitrogens is 16. The van der Waals surface area contributed by atoms with Crippen LogP contribution in [-0.2, 0) is 11.3 Å². The summed E-state index contributed by atoms with van der Waals surface area (Å²) >= 11 is 6.56. The van der Waals surface area contributed by atoms with Crippen molar-refractivity contribution in [2.24, 2.45) is 0 Å². The average molecular weight is 1730 g/mol. The van der Waals surface area contributed by atoms with E-state index in [0.717, 1.165) is 201 Å². The zero-order valence-electron chi connectivity index (χ0n) is 72.3. The van der Waals surface area contributed by atoms with E-state index in [4.69, 9.17) is 24.7 Å². The second-order valence-electron chi connectivity index (χ2n) is 30.8. The maximum Gasteiger partial charge on any atom is 0.257 e. The number of nitrogens with zero attached hydrogens (tertiary/aromatic N) is 24. The lowest BCUT2D eigenvalue weighted by Gasteiger charge is -2.34. The van der Waals surface area contributed by atoms with Gasteiger partial charge in [-0.05, 0) is 161 Å². The summed E-state index contributed by atoms with van der Waals surface area (Å²) in [6, 6.07) is 21.9. The van der Waals surface area contributed by atoms with Gasteiger partial charge >= 0.3 is 0 Å². The van der Waals surface area contributed by atoms with Crippen LogP contribution in [0.4, 0.5) is 0 Å². The predicted molar refractivity (Wildman–Crippen MR) is 483 cm³/mol. The highest BCUT2D eigenvalue weighted by Gasteiger charge is 2.38. The Labute approximate surface area is 731 Å². The molecule has 0 aromatic carbocycles. The van der Waals surface area contributed by atoms with Gasteiger partial charge in [-0.2, -0.15) is 25.1 Å². The molecule has 122 heavy (non-hydrogen) atoms. The van der Waals surface area contributed by atoms with Gasteiger partial charge in [0.05, 0.1) is 119 Å². The van der Waals surface area contributed by atoms with Crippen LogP contribution in [0.15, 0.2) is 138 Å². The lowest BCUT2D eigenvalue weighted by molar-refractivity contribution is 0.0630. The van der Waals surface area contributed by atoms with Crippen LogP contribution in [0.2, 0.25) is 0 Å². The van der Waals surface area contributed by atoms with Crippen molar-refractivity contribution in [2.45, 2.75) is 132 Å². The van der Waals surface area contributed by atoms with Gasteiger partial charge in [-0.15, -0.1) is 45.3 Å². The van der Waals surface area contributed by atoms with E-state index >= 15 is 0 Å². The zero-order chi connectivity index (χ0) is 85.8. The van der Waals surface area contributed by atoms with Crippen molar-refractivity contribution in [1.82, 2.24) is 118 Å². The zero-order valence-corrected chi connectivity index (χ0v) is 75.6. The van der Waals surface area contributed by atoms with Crippen LogP contribution < -0.4 is 0 Å². The number of carbonyl (C=O) groups is 4. The number of unbranched alkanes of at least 4 members (excludes halogenated alkanes) is 1. The summed E-state index contributed by atoms with van der Waals surface area (Å²) in [6.07, 6.45) is 20.5. The number of hydrogen-bond acceptors (Lipinski definition) is 25. The molecule has 0 radical (unpaired) electrons. The monoisotopic (exact) mass is 1730 g/mol. The molecule has 0 unspecified atom stereocenters. The number of thiophene rings is 4. The van der Waals surface area contributed by atoms with E-state index in [1.165, 1.54) is 12.8 Å². The summed E-state index contributed by atoms with van der Waals surface area (Å²) in [5.41, 5.74) is 10.5. The minimum Gasteiger partial charge on any atom is -0.378 e. The molecule has 0 spiro atoms. The second-order valence-corrected chi connectivity index (χ2v) is 34.6. The molecule has 2 saturated carbocycles. The molecular formula is C89H114N24O5S4.